The van der Waals surface area contributed by atoms with E-state index in [4.69, 9.17) is 4.74 Å². The highest BCUT2D eigenvalue weighted by molar-refractivity contribution is 7.92. The first kappa shape index (κ1) is 19.2. The van der Waals surface area contributed by atoms with Gasteiger partial charge in [-0.1, -0.05) is 12.1 Å². The summed E-state index contributed by atoms with van der Waals surface area (Å²) in [5.41, 5.74) is 0.833. The second-order valence-electron chi connectivity index (χ2n) is 6.82. The Morgan fingerprint density at radius 2 is 1.78 bits per heavy atom. The predicted molar refractivity (Wildman–Crippen MR) is 105 cm³/mol. The minimum absolute atomic E-state index is 0.0860. The summed E-state index contributed by atoms with van der Waals surface area (Å²) >= 11 is 0. The number of methoxy groups -OCH3 is 1. The minimum atomic E-state index is -3.78. The predicted octanol–water partition coefficient (Wildman–Crippen LogP) is 3.37. The first-order chi connectivity index (χ1) is 12.8. The van der Waals surface area contributed by atoms with Crippen LogP contribution in [0.5, 0.6) is 5.75 Å². The van der Waals surface area contributed by atoms with E-state index in [9.17, 15) is 13.2 Å². The number of carbonyl (C=O) groups excluding carboxylic acids is 1. The van der Waals surface area contributed by atoms with Crippen LogP contribution in [0.15, 0.2) is 53.4 Å². The smallest absolute Gasteiger partial charge is 0.262 e. The highest BCUT2D eigenvalue weighted by Gasteiger charge is 2.32. The van der Waals surface area contributed by atoms with Crippen molar-refractivity contribution >= 4 is 21.6 Å². The molecule has 0 bridgehead atoms. The molecule has 1 N–H and O–H groups in total. The van der Waals surface area contributed by atoms with Crippen LogP contribution < -0.4 is 9.46 Å². The van der Waals surface area contributed by atoms with Gasteiger partial charge in [-0.25, -0.2) is 8.42 Å². The molecule has 2 aromatic carbocycles. The molecule has 2 aromatic rings. The van der Waals surface area contributed by atoms with Crippen molar-refractivity contribution in [2.75, 3.05) is 18.9 Å². The summed E-state index contributed by atoms with van der Waals surface area (Å²) in [5.74, 6) is 0.906. The molecule has 3 rings (SSSR count). The molecule has 27 heavy (non-hydrogen) atoms. The maximum atomic E-state index is 12.6. The third-order valence-electron chi connectivity index (χ3n) is 5.00. The van der Waals surface area contributed by atoms with Crippen molar-refractivity contribution in [2.45, 2.75) is 30.7 Å². The second kappa shape index (κ2) is 7.60. The molecule has 1 amide bonds. The van der Waals surface area contributed by atoms with Gasteiger partial charge in [-0.3, -0.25) is 9.52 Å². The van der Waals surface area contributed by atoms with Crippen molar-refractivity contribution in [1.82, 2.24) is 4.90 Å². The van der Waals surface area contributed by atoms with E-state index in [0.29, 0.717) is 22.9 Å². The average Bonchev–Trinajstić information content (AvgIpc) is 3.52. The van der Waals surface area contributed by atoms with Crippen LogP contribution in [0.4, 0.5) is 5.69 Å². The van der Waals surface area contributed by atoms with E-state index in [-0.39, 0.29) is 16.8 Å². The van der Waals surface area contributed by atoms with Crippen molar-refractivity contribution in [1.29, 1.82) is 0 Å². The Labute approximate surface area is 160 Å². The molecule has 1 aliphatic rings. The number of benzene rings is 2. The summed E-state index contributed by atoms with van der Waals surface area (Å²) in [4.78, 5) is 14.4. The molecule has 6 nitrogen and oxygen atoms in total. The topological polar surface area (TPSA) is 75.7 Å². The number of hydrogen-bond donors (Lipinski definition) is 1. The van der Waals surface area contributed by atoms with Crippen LogP contribution in [0.3, 0.4) is 0 Å². The van der Waals surface area contributed by atoms with Crippen molar-refractivity contribution in [2.24, 2.45) is 5.92 Å². The molecule has 0 aliphatic heterocycles. The number of ether oxygens (including phenoxy) is 1. The Bertz CT molecular complexity index is 921. The summed E-state index contributed by atoms with van der Waals surface area (Å²) in [6.45, 7) is 2.05. The first-order valence-electron chi connectivity index (χ1n) is 8.86. The van der Waals surface area contributed by atoms with Gasteiger partial charge in [-0.2, -0.15) is 0 Å². The molecule has 0 radical (unpaired) electrons. The van der Waals surface area contributed by atoms with Gasteiger partial charge in [0.1, 0.15) is 5.75 Å². The maximum absolute atomic E-state index is 12.6. The monoisotopic (exact) mass is 388 g/mol. The number of hydrogen-bond acceptors (Lipinski definition) is 4. The number of nitrogens with zero attached hydrogens (tertiary/aromatic N) is 1. The fraction of sp³-hybridized carbons (Fsp3) is 0.350. The van der Waals surface area contributed by atoms with Crippen LogP contribution in [0.2, 0.25) is 0 Å². The summed E-state index contributed by atoms with van der Waals surface area (Å²) in [7, 11) is -0.514. The molecule has 0 saturated heterocycles. The molecule has 144 valence electrons. The zero-order valence-electron chi connectivity index (χ0n) is 15.7. The van der Waals surface area contributed by atoms with Gasteiger partial charge in [-0.15, -0.1) is 0 Å². The zero-order chi connectivity index (χ0) is 19.6. The average molecular weight is 388 g/mol. The fourth-order valence-corrected chi connectivity index (χ4v) is 4.06. The van der Waals surface area contributed by atoms with Gasteiger partial charge >= 0.3 is 0 Å². The van der Waals surface area contributed by atoms with E-state index in [1.54, 1.807) is 48.3 Å². The molecule has 0 spiro atoms. The van der Waals surface area contributed by atoms with Gasteiger partial charge in [-0.05, 0) is 62.1 Å². The molecule has 0 heterocycles. The lowest BCUT2D eigenvalue weighted by molar-refractivity contribution is 0.0727. The van der Waals surface area contributed by atoms with Gasteiger partial charge in [0.15, 0.2) is 0 Å². The molecule has 1 unspecified atom stereocenters. The van der Waals surface area contributed by atoms with Crippen molar-refractivity contribution in [3.8, 4) is 5.75 Å². The number of carbonyl (C=O) groups is 1. The highest BCUT2D eigenvalue weighted by atomic mass is 32.2. The number of para-hydroxylation sites is 2. The van der Waals surface area contributed by atoms with Gasteiger partial charge < -0.3 is 9.64 Å². The normalized spacial score (nSPS) is 15.1. The molecule has 0 aromatic heterocycles. The standard InChI is InChI=1S/C20H24N2O4S/c1-14(15-8-9-15)22(2)20(23)16-10-12-17(13-11-16)27(24,25)21-18-6-4-5-7-19(18)26-3/h4-7,10-15,21H,8-9H2,1-3H3. The van der Waals surface area contributed by atoms with Gasteiger partial charge in [0, 0.05) is 18.7 Å². The molecular weight excluding hydrogens is 364 g/mol. The Balaban J connectivity index is 1.76. The highest BCUT2D eigenvalue weighted by Crippen LogP contribution is 2.35. The summed E-state index contributed by atoms with van der Waals surface area (Å²) in [6.07, 6.45) is 2.31. The third kappa shape index (κ3) is 4.24. The van der Waals surface area contributed by atoms with Crippen LogP contribution in [0.25, 0.3) is 0 Å². The maximum Gasteiger partial charge on any atom is 0.262 e. The Morgan fingerprint density at radius 1 is 1.15 bits per heavy atom. The van der Waals surface area contributed by atoms with E-state index in [1.165, 1.54) is 19.2 Å². The summed E-state index contributed by atoms with van der Waals surface area (Å²) in [6, 6.07) is 13.0. The quantitative estimate of drug-likeness (QED) is 0.789. The summed E-state index contributed by atoms with van der Waals surface area (Å²) < 4.78 is 32.9. The molecule has 7 heteroatoms. The minimum Gasteiger partial charge on any atom is -0.495 e. The van der Waals surface area contributed by atoms with E-state index in [1.807, 2.05) is 6.92 Å². The van der Waals surface area contributed by atoms with E-state index >= 15 is 0 Å². The van der Waals surface area contributed by atoms with Crippen LogP contribution >= 0.6 is 0 Å². The SMILES string of the molecule is COc1ccccc1NS(=O)(=O)c1ccc(C(=O)N(C)C(C)C2CC2)cc1. The van der Waals surface area contributed by atoms with Crippen LogP contribution in [-0.2, 0) is 10.0 Å². The van der Waals surface area contributed by atoms with E-state index in [2.05, 4.69) is 4.72 Å². The number of rotatable bonds is 7. The molecule has 1 aliphatic carbocycles. The van der Waals surface area contributed by atoms with Gasteiger partial charge in [0.05, 0.1) is 17.7 Å². The second-order valence-corrected chi connectivity index (χ2v) is 8.51. The Hall–Kier alpha value is -2.54. The van der Waals surface area contributed by atoms with Crippen LogP contribution in [0, 0.1) is 5.92 Å². The Morgan fingerprint density at radius 3 is 2.37 bits per heavy atom. The third-order valence-corrected chi connectivity index (χ3v) is 6.38. The first-order valence-corrected chi connectivity index (χ1v) is 10.3. The van der Waals surface area contributed by atoms with Crippen LogP contribution in [-0.4, -0.2) is 39.4 Å². The lowest BCUT2D eigenvalue weighted by atomic mass is 10.1. The van der Waals surface area contributed by atoms with Crippen molar-refractivity contribution < 1.29 is 17.9 Å². The molecule has 1 atom stereocenters. The summed E-state index contributed by atoms with van der Waals surface area (Å²) in [5, 5.41) is 0. The van der Waals surface area contributed by atoms with Crippen molar-refractivity contribution in [3.05, 3.63) is 54.1 Å². The number of nitrogens with one attached hydrogen (secondary N) is 1. The largest absolute Gasteiger partial charge is 0.495 e. The number of anilines is 1. The van der Waals surface area contributed by atoms with E-state index < -0.39 is 10.0 Å². The lowest BCUT2D eigenvalue weighted by Crippen LogP contribution is -2.36. The molecule has 1 fully saturated rings. The van der Waals surface area contributed by atoms with E-state index in [0.717, 1.165) is 12.8 Å². The molecule has 1 saturated carbocycles. The molecular formula is C20H24N2O4S. The van der Waals surface area contributed by atoms with Crippen LogP contribution in [0.1, 0.15) is 30.1 Å². The number of amides is 1. The zero-order valence-corrected chi connectivity index (χ0v) is 16.5. The Kier molecular flexibility index (Phi) is 5.41. The van der Waals surface area contributed by atoms with Gasteiger partial charge in [0.2, 0.25) is 0 Å². The van der Waals surface area contributed by atoms with Gasteiger partial charge in [0.25, 0.3) is 15.9 Å². The fourth-order valence-electron chi connectivity index (χ4n) is 2.99. The lowest BCUT2D eigenvalue weighted by Gasteiger charge is -2.25. The number of sulfonamides is 1. The van der Waals surface area contributed by atoms with Crippen molar-refractivity contribution in [3.63, 3.8) is 0 Å².